The first-order valence-corrected chi connectivity index (χ1v) is 11.8. The van der Waals surface area contributed by atoms with Gasteiger partial charge in [0.25, 0.3) is 0 Å². The summed E-state index contributed by atoms with van der Waals surface area (Å²) in [4.78, 5) is 22.2. The number of primary amides is 1. The van der Waals surface area contributed by atoms with Gasteiger partial charge in [0.1, 0.15) is 0 Å². The Morgan fingerprint density at radius 2 is 2.14 bits per heavy atom. The fourth-order valence-corrected chi connectivity index (χ4v) is 5.22. The molecule has 3 rings (SSSR count). The SMILES string of the molecule is CN=C(NCCCN1CCCC(C(N)=O)C1)NCC(c1cccs1)N1CCCC1. The van der Waals surface area contributed by atoms with E-state index in [1.807, 2.05) is 18.4 Å². The maximum absolute atomic E-state index is 11.4. The molecule has 0 aromatic carbocycles. The van der Waals surface area contributed by atoms with Gasteiger partial charge in [-0.05, 0) is 69.7 Å². The summed E-state index contributed by atoms with van der Waals surface area (Å²) in [7, 11) is 1.83. The minimum atomic E-state index is -0.157. The number of piperidine rings is 1. The molecule has 7 nitrogen and oxygen atoms in total. The number of aliphatic imine (C=N–C) groups is 1. The summed E-state index contributed by atoms with van der Waals surface area (Å²) in [5.41, 5.74) is 5.48. The number of hydrogen-bond donors (Lipinski definition) is 3. The van der Waals surface area contributed by atoms with Gasteiger partial charge in [-0.3, -0.25) is 14.7 Å². The third-order valence-electron chi connectivity index (χ3n) is 5.99. The molecule has 0 radical (unpaired) electrons. The molecule has 162 valence electrons. The average Bonchev–Trinajstić information content (AvgIpc) is 3.45. The normalized spacial score (nSPS) is 22.5. The van der Waals surface area contributed by atoms with Gasteiger partial charge in [0.2, 0.25) is 5.91 Å². The Kier molecular flexibility index (Phi) is 8.76. The Morgan fingerprint density at radius 3 is 2.83 bits per heavy atom. The predicted octanol–water partition coefficient (Wildman–Crippen LogP) is 1.64. The molecule has 2 saturated heterocycles. The number of nitrogens with two attached hydrogens (primary N) is 1. The standard InChI is InChI=1S/C21H36N6OS/c1-23-21(24-9-6-11-26-10-4-7-17(16-26)20(22)28)25-15-18(19-8-5-14-29-19)27-12-2-3-13-27/h5,8,14,17-18H,2-4,6-7,9-13,15-16H2,1H3,(H2,22,28)(H2,23,24,25). The third-order valence-corrected chi connectivity index (χ3v) is 6.96. The molecule has 3 heterocycles. The molecule has 2 atom stereocenters. The molecule has 0 bridgehead atoms. The maximum atomic E-state index is 11.4. The number of guanidine groups is 1. The Labute approximate surface area is 178 Å². The van der Waals surface area contributed by atoms with Crippen molar-refractivity contribution >= 4 is 23.2 Å². The number of nitrogens with one attached hydrogen (secondary N) is 2. The van der Waals surface area contributed by atoms with Crippen molar-refractivity contribution in [3.05, 3.63) is 22.4 Å². The highest BCUT2D eigenvalue weighted by molar-refractivity contribution is 7.10. The second kappa shape index (κ2) is 11.5. The molecule has 2 unspecified atom stereocenters. The Bertz CT molecular complexity index is 644. The van der Waals surface area contributed by atoms with Gasteiger partial charge in [0, 0.05) is 31.6 Å². The molecule has 2 aliphatic heterocycles. The van der Waals surface area contributed by atoms with E-state index in [1.54, 1.807) is 0 Å². The van der Waals surface area contributed by atoms with Gasteiger partial charge in [-0.15, -0.1) is 11.3 Å². The van der Waals surface area contributed by atoms with Crippen molar-refractivity contribution in [1.82, 2.24) is 20.4 Å². The van der Waals surface area contributed by atoms with Crippen LogP contribution in [0.1, 0.15) is 43.0 Å². The number of likely N-dealkylation sites (tertiary alicyclic amines) is 2. The van der Waals surface area contributed by atoms with Crippen molar-refractivity contribution in [2.75, 3.05) is 52.9 Å². The Balaban J connectivity index is 1.39. The molecule has 1 aromatic heterocycles. The van der Waals surface area contributed by atoms with Crippen LogP contribution in [0.2, 0.25) is 0 Å². The summed E-state index contributed by atoms with van der Waals surface area (Å²) in [6, 6.07) is 4.79. The molecular formula is C21H36N6OS. The lowest BCUT2D eigenvalue weighted by atomic mass is 9.97. The lowest BCUT2D eigenvalue weighted by Crippen LogP contribution is -2.44. The summed E-state index contributed by atoms with van der Waals surface area (Å²) in [5.74, 6) is 0.723. The van der Waals surface area contributed by atoms with Gasteiger partial charge in [-0.1, -0.05) is 6.07 Å². The van der Waals surface area contributed by atoms with Gasteiger partial charge in [-0.2, -0.15) is 0 Å². The Morgan fingerprint density at radius 1 is 1.31 bits per heavy atom. The summed E-state index contributed by atoms with van der Waals surface area (Å²) in [6.07, 6.45) is 5.60. The van der Waals surface area contributed by atoms with Crippen LogP contribution in [0.4, 0.5) is 0 Å². The van der Waals surface area contributed by atoms with E-state index in [1.165, 1.54) is 30.8 Å². The second-order valence-corrected chi connectivity index (χ2v) is 9.03. The van der Waals surface area contributed by atoms with Crippen LogP contribution in [0.3, 0.4) is 0 Å². The molecule has 1 aromatic rings. The van der Waals surface area contributed by atoms with Crippen LogP contribution in [0.15, 0.2) is 22.5 Å². The van der Waals surface area contributed by atoms with Crippen LogP contribution < -0.4 is 16.4 Å². The number of rotatable bonds is 9. The number of hydrogen-bond acceptors (Lipinski definition) is 5. The number of nitrogens with zero attached hydrogens (tertiary/aromatic N) is 3. The van der Waals surface area contributed by atoms with Gasteiger partial charge in [-0.25, -0.2) is 0 Å². The topological polar surface area (TPSA) is 86.0 Å². The smallest absolute Gasteiger partial charge is 0.221 e. The lowest BCUT2D eigenvalue weighted by Gasteiger charge is -2.31. The zero-order valence-corrected chi connectivity index (χ0v) is 18.4. The molecule has 2 aliphatic rings. The van der Waals surface area contributed by atoms with Crippen LogP contribution in [-0.2, 0) is 4.79 Å². The first-order chi connectivity index (χ1) is 14.2. The molecule has 0 saturated carbocycles. The van der Waals surface area contributed by atoms with E-state index >= 15 is 0 Å². The van der Waals surface area contributed by atoms with Gasteiger partial charge in [0.15, 0.2) is 5.96 Å². The van der Waals surface area contributed by atoms with Crippen LogP contribution in [0.25, 0.3) is 0 Å². The van der Waals surface area contributed by atoms with Crippen molar-refractivity contribution < 1.29 is 4.79 Å². The molecule has 4 N–H and O–H groups in total. The fraction of sp³-hybridized carbons (Fsp3) is 0.714. The molecule has 0 spiro atoms. The summed E-state index contributed by atoms with van der Waals surface area (Å²) >= 11 is 1.84. The van der Waals surface area contributed by atoms with Crippen molar-refractivity contribution in [3.8, 4) is 0 Å². The third kappa shape index (κ3) is 6.69. The Hall–Kier alpha value is -1.64. The predicted molar refractivity (Wildman–Crippen MR) is 120 cm³/mol. The first kappa shape index (κ1) is 22.1. The highest BCUT2D eigenvalue weighted by Crippen LogP contribution is 2.27. The molecule has 0 aliphatic carbocycles. The minimum Gasteiger partial charge on any atom is -0.369 e. The quantitative estimate of drug-likeness (QED) is 0.321. The van der Waals surface area contributed by atoms with Crippen LogP contribution in [0.5, 0.6) is 0 Å². The van der Waals surface area contributed by atoms with Crippen molar-refractivity contribution in [2.45, 2.75) is 38.1 Å². The summed E-state index contributed by atoms with van der Waals surface area (Å²) in [5, 5.41) is 9.13. The van der Waals surface area contributed by atoms with E-state index < -0.39 is 0 Å². The maximum Gasteiger partial charge on any atom is 0.221 e. The molecule has 8 heteroatoms. The van der Waals surface area contributed by atoms with E-state index in [0.717, 1.165) is 57.9 Å². The second-order valence-electron chi connectivity index (χ2n) is 8.05. The molecule has 2 fully saturated rings. The summed E-state index contributed by atoms with van der Waals surface area (Å²) < 4.78 is 0. The van der Waals surface area contributed by atoms with Crippen LogP contribution in [-0.4, -0.2) is 74.5 Å². The number of carbonyl (C=O) groups excluding carboxylic acids is 1. The molecule has 29 heavy (non-hydrogen) atoms. The van der Waals surface area contributed by atoms with E-state index in [2.05, 4.69) is 42.9 Å². The average molecular weight is 421 g/mol. The van der Waals surface area contributed by atoms with Gasteiger partial charge >= 0.3 is 0 Å². The first-order valence-electron chi connectivity index (χ1n) is 10.9. The van der Waals surface area contributed by atoms with E-state index in [4.69, 9.17) is 5.73 Å². The fourth-order valence-electron chi connectivity index (χ4n) is 4.36. The number of amides is 1. The van der Waals surface area contributed by atoms with Crippen molar-refractivity contribution in [1.29, 1.82) is 0 Å². The van der Waals surface area contributed by atoms with Crippen molar-refractivity contribution in [2.24, 2.45) is 16.6 Å². The van der Waals surface area contributed by atoms with E-state index in [0.29, 0.717) is 6.04 Å². The van der Waals surface area contributed by atoms with Crippen LogP contribution in [0, 0.1) is 5.92 Å². The van der Waals surface area contributed by atoms with Crippen molar-refractivity contribution in [3.63, 3.8) is 0 Å². The lowest BCUT2D eigenvalue weighted by molar-refractivity contribution is -0.123. The zero-order chi connectivity index (χ0) is 20.5. The molecular weight excluding hydrogens is 384 g/mol. The monoisotopic (exact) mass is 420 g/mol. The largest absolute Gasteiger partial charge is 0.369 e. The highest BCUT2D eigenvalue weighted by atomic mass is 32.1. The van der Waals surface area contributed by atoms with E-state index in [9.17, 15) is 4.79 Å². The molecule has 1 amide bonds. The number of carbonyl (C=O) groups is 1. The minimum absolute atomic E-state index is 0.0194. The van der Waals surface area contributed by atoms with Gasteiger partial charge < -0.3 is 21.3 Å². The zero-order valence-electron chi connectivity index (χ0n) is 17.6. The highest BCUT2D eigenvalue weighted by Gasteiger charge is 2.25. The van der Waals surface area contributed by atoms with Crippen LogP contribution >= 0.6 is 11.3 Å². The number of thiophene rings is 1. The summed E-state index contributed by atoms with van der Waals surface area (Å²) in [6.45, 7) is 6.95. The van der Waals surface area contributed by atoms with E-state index in [-0.39, 0.29) is 11.8 Å². The van der Waals surface area contributed by atoms with Gasteiger partial charge in [0.05, 0.1) is 12.0 Å².